The Morgan fingerprint density at radius 2 is 1.94 bits per heavy atom. The number of hydrogen-bond acceptors (Lipinski definition) is 4. The summed E-state index contributed by atoms with van der Waals surface area (Å²) in [7, 11) is -3.50. The van der Waals surface area contributed by atoms with Crippen molar-refractivity contribution in [3.8, 4) is 0 Å². The quantitative estimate of drug-likeness (QED) is 0.420. The second kappa shape index (κ2) is 5.65. The molecule has 0 aliphatic carbocycles. The zero-order valence-electron chi connectivity index (χ0n) is 9.64. The summed E-state index contributed by atoms with van der Waals surface area (Å²) in [4.78, 5) is 0. The molecule has 0 heterocycles. The van der Waals surface area contributed by atoms with Gasteiger partial charge in [0.2, 0.25) is 0 Å². The van der Waals surface area contributed by atoms with Gasteiger partial charge in [-0.1, -0.05) is 24.2 Å². The number of hydrogen-bond donors (Lipinski definition) is 3. The van der Waals surface area contributed by atoms with Gasteiger partial charge in [-0.3, -0.25) is 4.72 Å². The van der Waals surface area contributed by atoms with E-state index in [1.54, 1.807) is 38.1 Å². The molecule has 1 rings (SSSR count). The van der Waals surface area contributed by atoms with E-state index in [0.717, 1.165) is 5.56 Å². The zero-order chi connectivity index (χ0) is 12.9. The molecule has 1 aromatic rings. The highest BCUT2D eigenvalue weighted by Gasteiger charge is 2.07. The average molecular weight is 257 g/mol. The molecule has 0 amide bonds. The average Bonchev–Trinajstić information content (AvgIpc) is 2.28. The zero-order valence-corrected chi connectivity index (χ0v) is 10.5. The van der Waals surface area contributed by atoms with Crippen LogP contribution in [0.15, 0.2) is 29.4 Å². The predicted octanol–water partition coefficient (Wildman–Crippen LogP) is 1.15. The molecule has 0 aliphatic heterocycles. The molecule has 6 nitrogen and oxygen atoms in total. The molecule has 0 aliphatic rings. The Kier molecular flexibility index (Phi) is 4.47. The fourth-order valence-electron chi connectivity index (χ4n) is 1.22. The molecule has 0 radical (unpaired) electrons. The van der Waals surface area contributed by atoms with Gasteiger partial charge in [0.25, 0.3) is 10.2 Å². The monoisotopic (exact) mass is 257 g/mol. The topological polar surface area (TPSA) is 90.8 Å². The third-order valence-electron chi connectivity index (χ3n) is 2.04. The lowest BCUT2D eigenvalue weighted by atomic mass is 10.1. The maximum absolute atomic E-state index is 11.4. The summed E-state index contributed by atoms with van der Waals surface area (Å²) in [5, 5.41) is 11.6. The van der Waals surface area contributed by atoms with E-state index in [9.17, 15) is 8.42 Å². The van der Waals surface area contributed by atoms with Gasteiger partial charge in [0.05, 0.1) is 5.71 Å². The van der Waals surface area contributed by atoms with Crippen LogP contribution in [-0.2, 0) is 10.2 Å². The van der Waals surface area contributed by atoms with Crippen molar-refractivity contribution in [1.29, 1.82) is 0 Å². The van der Waals surface area contributed by atoms with Crippen LogP contribution in [-0.4, -0.2) is 25.9 Å². The van der Waals surface area contributed by atoms with Crippen molar-refractivity contribution in [2.24, 2.45) is 5.16 Å². The molecule has 0 atom stereocenters. The van der Waals surface area contributed by atoms with Crippen molar-refractivity contribution in [3.63, 3.8) is 0 Å². The molecule has 3 N–H and O–H groups in total. The highest BCUT2D eigenvalue weighted by Crippen LogP contribution is 2.11. The van der Waals surface area contributed by atoms with Gasteiger partial charge in [-0.25, -0.2) is 0 Å². The van der Waals surface area contributed by atoms with Gasteiger partial charge < -0.3 is 5.21 Å². The molecule has 0 aromatic heterocycles. The minimum Gasteiger partial charge on any atom is -0.411 e. The summed E-state index contributed by atoms with van der Waals surface area (Å²) in [5.41, 5.74) is 1.63. The van der Waals surface area contributed by atoms with Crippen LogP contribution in [0, 0.1) is 0 Å². The summed E-state index contributed by atoms with van der Waals surface area (Å²) < 4.78 is 27.5. The summed E-state index contributed by atoms with van der Waals surface area (Å²) in [5.74, 6) is 0. The normalized spacial score (nSPS) is 12.5. The lowest BCUT2D eigenvalue weighted by Crippen LogP contribution is -2.29. The maximum Gasteiger partial charge on any atom is 0.299 e. The van der Waals surface area contributed by atoms with E-state index in [-0.39, 0.29) is 0 Å². The van der Waals surface area contributed by atoms with Crippen LogP contribution in [0.5, 0.6) is 0 Å². The smallest absolute Gasteiger partial charge is 0.299 e. The molecule has 7 heteroatoms. The van der Waals surface area contributed by atoms with Gasteiger partial charge in [0, 0.05) is 12.2 Å². The summed E-state index contributed by atoms with van der Waals surface area (Å²) >= 11 is 0. The van der Waals surface area contributed by atoms with Gasteiger partial charge in [0.15, 0.2) is 0 Å². The van der Waals surface area contributed by atoms with E-state index >= 15 is 0 Å². The van der Waals surface area contributed by atoms with E-state index in [0.29, 0.717) is 17.9 Å². The van der Waals surface area contributed by atoms with Crippen molar-refractivity contribution >= 4 is 21.6 Å². The Labute approximate surface area is 101 Å². The molecule has 0 fully saturated rings. The minimum absolute atomic E-state index is 0.323. The number of nitrogens with one attached hydrogen (secondary N) is 2. The first-order valence-electron chi connectivity index (χ1n) is 5.05. The second-order valence-corrected chi connectivity index (χ2v) is 4.87. The Balaban J connectivity index is 2.82. The Bertz CT molecular complexity index is 494. The highest BCUT2D eigenvalue weighted by molar-refractivity contribution is 7.90. The van der Waals surface area contributed by atoms with Gasteiger partial charge in [0.1, 0.15) is 0 Å². The number of nitrogens with zero attached hydrogens (tertiary/aromatic N) is 1. The molecule has 0 unspecified atom stereocenters. The van der Waals surface area contributed by atoms with Crippen molar-refractivity contribution in [2.45, 2.75) is 13.8 Å². The van der Waals surface area contributed by atoms with Crippen molar-refractivity contribution in [3.05, 3.63) is 29.8 Å². The van der Waals surface area contributed by atoms with Gasteiger partial charge in [-0.2, -0.15) is 13.1 Å². The number of oxime groups is 1. The SMILES string of the molecule is CCNS(=O)(=O)Nc1ccc(/C(C)=N/O)cc1. The Morgan fingerprint density at radius 1 is 1.35 bits per heavy atom. The molecular weight excluding hydrogens is 242 g/mol. The van der Waals surface area contributed by atoms with Crippen LogP contribution in [0.25, 0.3) is 0 Å². The lowest BCUT2D eigenvalue weighted by Gasteiger charge is -2.08. The summed E-state index contributed by atoms with van der Waals surface area (Å²) in [6, 6.07) is 6.52. The number of benzene rings is 1. The molecule has 17 heavy (non-hydrogen) atoms. The molecule has 94 valence electrons. The molecule has 0 saturated carbocycles. The van der Waals surface area contributed by atoms with Crippen molar-refractivity contribution in [2.75, 3.05) is 11.3 Å². The largest absolute Gasteiger partial charge is 0.411 e. The van der Waals surface area contributed by atoms with Gasteiger partial charge in [-0.05, 0) is 24.6 Å². The number of rotatable bonds is 5. The van der Waals surface area contributed by atoms with E-state index in [1.165, 1.54) is 0 Å². The molecule has 0 bridgehead atoms. The van der Waals surface area contributed by atoms with Crippen LogP contribution in [0.2, 0.25) is 0 Å². The Hall–Kier alpha value is -1.60. The third-order valence-corrected chi connectivity index (χ3v) is 3.21. The van der Waals surface area contributed by atoms with E-state index in [4.69, 9.17) is 5.21 Å². The van der Waals surface area contributed by atoms with Crippen LogP contribution < -0.4 is 9.44 Å². The third kappa shape index (κ3) is 4.04. The molecular formula is C10H15N3O3S. The minimum atomic E-state index is -3.50. The molecule has 0 saturated heterocycles. The number of anilines is 1. The van der Waals surface area contributed by atoms with Crippen LogP contribution in [0.3, 0.4) is 0 Å². The fraction of sp³-hybridized carbons (Fsp3) is 0.300. The summed E-state index contributed by atoms with van der Waals surface area (Å²) in [6.45, 7) is 3.67. The maximum atomic E-state index is 11.4. The van der Waals surface area contributed by atoms with Crippen LogP contribution in [0.1, 0.15) is 19.4 Å². The van der Waals surface area contributed by atoms with E-state index in [2.05, 4.69) is 14.6 Å². The second-order valence-electron chi connectivity index (χ2n) is 3.37. The van der Waals surface area contributed by atoms with E-state index in [1.807, 2.05) is 0 Å². The highest BCUT2D eigenvalue weighted by atomic mass is 32.2. The van der Waals surface area contributed by atoms with Crippen LogP contribution >= 0.6 is 0 Å². The lowest BCUT2D eigenvalue weighted by molar-refractivity contribution is 0.319. The Morgan fingerprint density at radius 3 is 2.41 bits per heavy atom. The first-order chi connectivity index (χ1) is 7.98. The van der Waals surface area contributed by atoms with Gasteiger partial charge in [-0.15, -0.1) is 0 Å². The van der Waals surface area contributed by atoms with E-state index < -0.39 is 10.2 Å². The first-order valence-corrected chi connectivity index (χ1v) is 6.53. The van der Waals surface area contributed by atoms with Crippen molar-refractivity contribution < 1.29 is 13.6 Å². The standard InChI is InChI=1S/C10H15N3O3S/c1-3-11-17(15,16)13-10-6-4-9(5-7-10)8(2)12-14/h4-7,11,13-14H,3H2,1-2H3/b12-8+. The van der Waals surface area contributed by atoms with Crippen LogP contribution in [0.4, 0.5) is 5.69 Å². The summed E-state index contributed by atoms with van der Waals surface area (Å²) in [6.07, 6.45) is 0. The fourth-order valence-corrected chi connectivity index (χ4v) is 2.12. The first kappa shape index (κ1) is 13.5. The molecule has 1 aromatic carbocycles. The van der Waals surface area contributed by atoms with Crippen molar-refractivity contribution in [1.82, 2.24) is 4.72 Å². The van der Waals surface area contributed by atoms with Gasteiger partial charge >= 0.3 is 0 Å². The molecule has 0 spiro atoms. The predicted molar refractivity (Wildman–Crippen MR) is 66.7 cm³/mol.